The molecule has 1 saturated heterocycles. The Labute approximate surface area is 236 Å². The zero-order valence-corrected chi connectivity index (χ0v) is 23.8. The summed E-state index contributed by atoms with van der Waals surface area (Å²) in [7, 11) is 3.49. The first-order valence-electron chi connectivity index (χ1n) is 14.2. The number of hydrogen-bond acceptors (Lipinski definition) is 6. The van der Waals surface area contributed by atoms with Crippen LogP contribution in [0.5, 0.6) is 11.5 Å². The minimum atomic E-state index is -0.459. The minimum absolute atomic E-state index is 0.141. The lowest BCUT2D eigenvalue weighted by atomic mass is 9.73. The summed E-state index contributed by atoms with van der Waals surface area (Å²) < 4.78 is 13.1. The van der Waals surface area contributed by atoms with Crippen LogP contribution in [0.3, 0.4) is 0 Å². The molecular formula is C31H39N5O4. The number of nitrogens with zero attached hydrogens (tertiary/aromatic N) is 5. The van der Waals surface area contributed by atoms with Gasteiger partial charge in [-0.15, -0.1) is 5.10 Å². The lowest BCUT2D eigenvalue weighted by Crippen LogP contribution is -2.51. The van der Waals surface area contributed by atoms with Crippen LogP contribution in [0.4, 0.5) is 0 Å². The molecule has 0 saturated carbocycles. The van der Waals surface area contributed by atoms with E-state index in [1.807, 2.05) is 60.2 Å². The van der Waals surface area contributed by atoms with Crippen molar-refractivity contribution >= 4 is 11.8 Å². The molecule has 9 nitrogen and oxygen atoms in total. The molecular weight excluding hydrogens is 506 g/mol. The fourth-order valence-electron chi connectivity index (χ4n) is 5.98. The van der Waals surface area contributed by atoms with Crippen molar-refractivity contribution in [1.82, 2.24) is 24.8 Å². The molecule has 0 unspecified atom stereocenters. The molecule has 40 heavy (non-hydrogen) atoms. The SMILES string of the molecule is COc1cccc(-n2nnc(C(=O)N3CCC4(CCCCCc5ccccc5OCCN(C)C4=O)CC3)c2C)c1. The summed E-state index contributed by atoms with van der Waals surface area (Å²) in [5.41, 5.74) is 2.58. The molecule has 0 bridgehead atoms. The first-order valence-corrected chi connectivity index (χ1v) is 14.2. The molecule has 0 aliphatic carbocycles. The number of methoxy groups -OCH3 is 1. The molecule has 0 radical (unpaired) electrons. The summed E-state index contributed by atoms with van der Waals surface area (Å²) in [5.74, 6) is 1.65. The number of carbonyl (C=O) groups is 2. The number of fused-ring (bicyclic) bond motifs is 1. The van der Waals surface area contributed by atoms with Crippen LogP contribution in [0.1, 0.15) is 60.3 Å². The summed E-state index contributed by atoms with van der Waals surface area (Å²) in [6.45, 7) is 3.89. The summed E-state index contributed by atoms with van der Waals surface area (Å²) in [4.78, 5) is 31.0. The first-order chi connectivity index (χ1) is 19.4. The Morgan fingerprint density at radius 1 is 1.00 bits per heavy atom. The van der Waals surface area contributed by atoms with Gasteiger partial charge in [0.2, 0.25) is 5.91 Å². The second-order valence-electron chi connectivity index (χ2n) is 11.0. The van der Waals surface area contributed by atoms with Gasteiger partial charge >= 0.3 is 0 Å². The summed E-state index contributed by atoms with van der Waals surface area (Å²) >= 11 is 0. The number of piperidine rings is 1. The fourth-order valence-corrected chi connectivity index (χ4v) is 5.98. The van der Waals surface area contributed by atoms with E-state index in [2.05, 4.69) is 22.4 Å². The van der Waals surface area contributed by atoms with Gasteiger partial charge in [-0.1, -0.05) is 42.3 Å². The maximum Gasteiger partial charge on any atom is 0.276 e. The largest absolute Gasteiger partial charge is 0.497 e. The molecule has 1 fully saturated rings. The number of aryl methyl sites for hydroxylation is 1. The standard InChI is InChI=1S/C31H39N5O4/c1-23-28(32-33-36(23)25-12-9-13-26(22-25)39-3)29(37)35-18-16-31(17-19-35)15-8-4-5-10-24-11-6-7-14-27(24)40-21-20-34(2)30(31)38/h6-7,9,11-14,22H,4-5,8,10,15-21H2,1-3H3. The van der Waals surface area contributed by atoms with Crippen molar-refractivity contribution in [1.29, 1.82) is 0 Å². The number of rotatable bonds is 3. The number of hydrogen-bond donors (Lipinski definition) is 0. The molecule has 0 N–H and O–H groups in total. The van der Waals surface area contributed by atoms with Gasteiger partial charge in [0.15, 0.2) is 5.69 Å². The molecule has 5 rings (SSSR count). The monoisotopic (exact) mass is 545 g/mol. The van der Waals surface area contributed by atoms with E-state index in [-0.39, 0.29) is 11.8 Å². The normalized spacial score (nSPS) is 18.2. The number of amides is 2. The van der Waals surface area contributed by atoms with E-state index in [0.717, 1.165) is 43.5 Å². The van der Waals surface area contributed by atoms with Crippen molar-refractivity contribution < 1.29 is 19.1 Å². The molecule has 3 heterocycles. The van der Waals surface area contributed by atoms with Gasteiger partial charge in [0.05, 0.1) is 30.5 Å². The van der Waals surface area contributed by atoms with Gasteiger partial charge in [-0.2, -0.15) is 0 Å². The van der Waals surface area contributed by atoms with Crippen LogP contribution in [-0.2, 0) is 11.2 Å². The van der Waals surface area contributed by atoms with E-state index in [1.165, 1.54) is 5.56 Å². The van der Waals surface area contributed by atoms with Gasteiger partial charge < -0.3 is 19.3 Å². The second-order valence-corrected chi connectivity index (χ2v) is 11.0. The van der Waals surface area contributed by atoms with Crippen molar-refractivity contribution in [2.75, 3.05) is 40.4 Å². The topological polar surface area (TPSA) is 89.8 Å². The second kappa shape index (κ2) is 12.1. The molecule has 2 aromatic carbocycles. The Kier molecular flexibility index (Phi) is 8.38. The minimum Gasteiger partial charge on any atom is -0.497 e. The van der Waals surface area contributed by atoms with Crippen molar-refractivity contribution in [2.24, 2.45) is 5.41 Å². The molecule has 1 spiro atoms. The number of benzene rings is 2. The predicted molar refractivity (Wildman–Crippen MR) is 152 cm³/mol. The molecule has 212 valence electrons. The lowest BCUT2D eigenvalue weighted by molar-refractivity contribution is -0.144. The lowest BCUT2D eigenvalue weighted by Gasteiger charge is -2.42. The molecule has 2 aliphatic rings. The van der Waals surface area contributed by atoms with Crippen molar-refractivity contribution in [3.05, 3.63) is 65.5 Å². The van der Waals surface area contributed by atoms with Crippen LogP contribution in [0.2, 0.25) is 0 Å². The van der Waals surface area contributed by atoms with E-state index in [1.54, 1.807) is 11.8 Å². The summed E-state index contributed by atoms with van der Waals surface area (Å²) in [6.07, 6.45) is 6.22. The Morgan fingerprint density at radius 2 is 1.80 bits per heavy atom. The maximum atomic E-state index is 13.8. The van der Waals surface area contributed by atoms with Crippen molar-refractivity contribution in [2.45, 2.75) is 51.9 Å². The molecule has 2 aliphatic heterocycles. The molecule has 3 aromatic rings. The fraction of sp³-hybridized carbons (Fsp3) is 0.484. The van der Waals surface area contributed by atoms with Crippen LogP contribution >= 0.6 is 0 Å². The van der Waals surface area contributed by atoms with Crippen molar-refractivity contribution in [3.63, 3.8) is 0 Å². The third kappa shape index (κ3) is 5.69. The number of likely N-dealkylation sites (tertiary alicyclic amines) is 1. The van der Waals surface area contributed by atoms with Gasteiger partial charge in [-0.25, -0.2) is 4.68 Å². The Morgan fingerprint density at radius 3 is 2.60 bits per heavy atom. The van der Waals surface area contributed by atoms with E-state index in [9.17, 15) is 9.59 Å². The van der Waals surface area contributed by atoms with Gasteiger partial charge in [0, 0.05) is 26.2 Å². The smallest absolute Gasteiger partial charge is 0.276 e. The highest BCUT2D eigenvalue weighted by Gasteiger charge is 2.43. The third-order valence-electron chi connectivity index (χ3n) is 8.46. The third-order valence-corrected chi connectivity index (χ3v) is 8.46. The average Bonchev–Trinajstić information content (AvgIpc) is 3.38. The Hall–Kier alpha value is -3.88. The highest BCUT2D eigenvalue weighted by molar-refractivity contribution is 5.93. The molecule has 2 amide bonds. The van der Waals surface area contributed by atoms with Crippen molar-refractivity contribution in [3.8, 4) is 17.2 Å². The summed E-state index contributed by atoms with van der Waals surface area (Å²) in [6, 6.07) is 15.7. The van der Waals surface area contributed by atoms with Crippen LogP contribution < -0.4 is 9.47 Å². The predicted octanol–water partition coefficient (Wildman–Crippen LogP) is 4.46. The van der Waals surface area contributed by atoms with Gasteiger partial charge in [0.25, 0.3) is 5.91 Å². The van der Waals surface area contributed by atoms with E-state index in [0.29, 0.717) is 56.2 Å². The Bertz CT molecular complexity index is 1340. The quantitative estimate of drug-likeness (QED) is 0.483. The highest BCUT2D eigenvalue weighted by atomic mass is 16.5. The van der Waals surface area contributed by atoms with E-state index in [4.69, 9.17) is 9.47 Å². The van der Waals surface area contributed by atoms with Crippen LogP contribution in [0.25, 0.3) is 5.69 Å². The van der Waals surface area contributed by atoms with Crippen LogP contribution in [0.15, 0.2) is 48.5 Å². The van der Waals surface area contributed by atoms with E-state index >= 15 is 0 Å². The molecule has 1 aromatic heterocycles. The first kappa shape index (κ1) is 27.7. The average molecular weight is 546 g/mol. The summed E-state index contributed by atoms with van der Waals surface area (Å²) in [5, 5.41) is 8.50. The molecule has 0 atom stereocenters. The maximum absolute atomic E-state index is 13.8. The Balaban J connectivity index is 1.27. The van der Waals surface area contributed by atoms with Crippen LogP contribution in [-0.4, -0.2) is 77.0 Å². The number of likely N-dealkylation sites (N-methyl/N-ethyl adjacent to an activating group) is 1. The van der Waals surface area contributed by atoms with E-state index < -0.39 is 5.41 Å². The van der Waals surface area contributed by atoms with Gasteiger partial charge in [-0.05, 0) is 62.8 Å². The zero-order chi connectivity index (χ0) is 28.1. The number of carbonyl (C=O) groups excluding carboxylic acids is 2. The van der Waals surface area contributed by atoms with Crippen LogP contribution in [0, 0.1) is 12.3 Å². The van der Waals surface area contributed by atoms with Gasteiger partial charge in [-0.3, -0.25) is 9.59 Å². The molecule has 9 heteroatoms. The highest BCUT2D eigenvalue weighted by Crippen LogP contribution is 2.39. The van der Waals surface area contributed by atoms with Gasteiger partial charge in [0.1, 0.15) is 18.1 Å². The number of ether oxygens (including phenoxy) is 2. The zero-order valence-electron chi connectivity index (χ0n) is 23.8. The number of aromatic nitrogens is 3. The number of para-hydroxylation sites is 1.